The quantitative estimate of drug-likeness (QED) is 0.815. The van der Waals surface area contributed by atoms with Gasteiger partial charge in [0.05, 0.1) is 4.90 Å². The van der Waals surface area contributed by atoms with Crippen LogP contribution in [0.3, 0.4) is 0 Å². The summed E-state index contributed by atoms with van der Waals surface area (Å²) in [5.41, 5.74) is 2.24. The molecular formula is C12H17N3O3S. The number of carbonyl (C=O) groups is 1. The summed E-state index contributed by atoms with van der Waals surface area (Å²) in [4.78, 5) is 15.6. The van der Waals surface area contributed by atoms with Crippen LogP contribution in [0.1, 0.15) is 19.3 Å². The molecular weight excluding hydrogens is 266 g/mol. The molecule has 1 aromatic carbocycles. The number of benzene rings is 1. The molecule has 1 aliphatic rings. The van der Waals surface area contributed by atoms with Crippen molar-refractivity contribution < 1.29 is 13.2 Å². The molecule has 2 rings (SSSR count). The fourth-order valence-corrected chi connectivity index (χ4v) is 2.80. The summed E-state index contributed by atoms with van der Waals surface area (Å²) in [6.07, 6.45) is 3.03. The van der Waals surface area contributed by atoms with Crippen molar-refractivity contribution in [1.29, 1.82) is 0 Å². The van der Waals surface area contributed by atoms with Crippen LogP contribution in [0.4, 0.5) is 4.79 Å². The van der Waals surface area contributed by atoms with Gasteiger partial charge in [-0.2, -0.15) is 0 Å². The molecule has 1 aromatic rings. The lowest BCUT2D eigenvalue weighted by molar-refractivity contribution is 0.185. The minimum absolute atomic E-state index is 0.119. The Labute approximate surface area is 112 Å². The second kappa shape index (κ2) is 6.03. The molecule has 0 spiro atoms. The molecule has 0 radical (unpaired) electrons. The van der Waals surface area contributed by atoms with Crippen molar-refractivity contribution in [2.24, 2.45) is 0 Å². The van der Waals surface area contributed by atoms with Crippen LogP contribution in [0.2, 0.25) is 0 Å². The Morgan fingerprint density at radius 3 is 2.32 bits per heavy atom. The van der Waals surface area contributed by atoms with Crippen LogP contribution in [0.15, 0.2) is 35.2 Å². The topological polar surface area (TPSA) is 78.5 Å². The Morgan fingerprint density at radius 1 is 1.05 bits per heavy atom. The van der Waals surface area contributed by atoms with Crippen LogP contribution in [0.25, 0.3) is 0 Å². The van der Waals surface area contributed by atoms with E-state index in [9.17, 15) is 13.2 Å². The van der Waals surface area contributed by atoms with Gasteiger partial charge in [-0.3, -0.25) is 5.43 Å². The molecule has 1 aliphatic heterocycles. The minimum atomic E-state index is -3.70. The second-order valence-electron chi connectivity index (χ2n) is 4.40. The SMILES string of the molecule is O=C(NNS(=O)(=O)c1ccccc1)N1CCCCC1. The number of nitrogens with zero attached hydrogens (tertiary/aromatic N) is 1. The van der Waals surface area contributed by atoms with Crippen molar-refractivity contribution in [3.8, 4) is 0 Å². The number of hydrogen-bond donors (Lipinski definition) is 2. The van der Waals surface area contributed by atoms with Gasteiger partial charge in [0.25, 0.3) is 10.0 Å². The molecule has 1 saturated heterocycles. The van der Waals surface area contributed by atoms with Gasteiger partial charge in [0.2, 0.25) is 0 Å². The number of hydrazine groups is 1. The lowest BCUT2D eigenvalue weighted by Gasteiger charge is -2.26. The Hall–Kier alpha value is -1.60. The highest BCUT2D eigenvalue weighted by atomic mass is 32.2. The average Bonchev–Trinajstić information content (AvgIpc) is 2.47. The molecule has 0 unspecified atom stereocenters. The van der Waals surface area contributed by atoms with E-state index in [-0.39, 0.29) is 4.90 Å². The van der Waals surface area contributed by atoms with Crippen LogP contribution < -0.4 is 10.3 Å². The summed E-state index contributed by atoms with van der Waals surface area (Å²) in [5.74, 6) is 0. The summed E-state index contributed by atoms with van der Waals surface area (Å²) >= 11 is 0. The summed E-state index contributed by atoms with van der Waals surface area (Å²) in [6, 6.07) is 7.51. The number of hydrogen-bond acceptors (Lipinski definition) is 3. The first-order valence-electron chi connectivity index (χ1n) is 6.21. The highest BCUT2D eigenvalue weighted by Crippen LogP contribution is 2.09. The molecule has 1 heterocycles. The van der Waals surface area contributed by atoms with Crippen LogP contribution >= 0.6 is 0 Å². The van der Waals surface area contributed by atoms with E-state index < -0.39 is 16.1 Å². The van der Waals surface area contributed by atoms with Gasteiger partial charge < -0.3 is 4.90 Å². The fraction of sp³-hybridized carbons (Fsp3) is 0.417. The summed E-state index contributed by atoms with van der Waals surface area (Å²) < 4.78 is 23.8. The third-order valence-corrected chi connectivity index (χ3v) is 4.25. The Balaban J connectivity index is 1.93. The number of sulfonamides is 1. The van der Waals surface area contributed by atoms with Crippen molar-refractivity contribution in [1.82, 2.24) is 15.2 Å². The molecule has 104 valence electrons. The third kappa shape index (κ3) is 3.68. The fourth-order valence-electron chi connectivity index (χ4n) is 1.95. The van der Waals surface area contributed by atoms with Crippen molar-refractivity contribution in [2.45, 2.75) is 24.2 Å². The zero-order valence-electron chi connectivity index (χ0n) is 10.5. The molecule has 7 heteroatoms. The maximum Gasteiger partial charge on any atom is 0.332 e. The van der Waals surface area contributed by atoms with E-state index in [0.717, 1.165) is 19.3 Å². The molecule has 1 fully saturated rings. The van der Waals surface area contributed by atoms with Crippen LogP contribution in [-0.4, -0.2) is 32.4 Å². The normalized spacial score (nSPS) is 16.1. The number of nitrogens with one attached hydrogen (secondary N) is 2. The zero-order valence-corrected chi connectivity index (χ0v) is 11.3. The van der Waals surface area contributed by atoms with Gasteiger partial charge in [-0.15, -0.1) is 4.83 Å². The van der Waals surface area contributed by atoms with E-state index in [4.69, 9.17) is 0 Å². The first kappa shape index (κ1) is 13.8. The maximum absolute atomic E-state index is 11.9. The predicted molar refractivity (Wildman–Crippen MR) is 70.7 cm³/mol. The highest BCUT2D eigenvalue weighted by Gasteiger charge is 2.19. The molecule has 19 heavy (non-hydrogen) atoms. The van der Waals surface area contributed by atoms with E-state index in [1.165, 1.54) is 12.1 Å². The summed E-state index contributed by atoms with van der Waals surface area (Å²) in [6.45, 7) is 1.33. The van der Waals surface area contributed by atoms with Crippen LogP contribution in [-0.2, 0) is 10.0 Å². The second-order valence-corrected chi connectivity index (χ2v) is 6.08. The Kier molecular flexibility index (Phi) is 4.39. The lowest BCUT2D eigenvalue weighted by Crippen LogP contribution is -2.50. The molecule has 0 bridgehead atoms. The molecule has 6 nitrogen and oxygen atoms in total. The monoisotopic (exact) mass is 283 g/mol. The van der Waals surface area contributed by atoms with Gasteiger partial charge in [-0.1, -0.05) is 18.2 Å². The van der Waals surface area contributed by atoms with E-state index in [1.807, 2.05) is 0 Å². The van der Waals surface area contributed by atoms with Crippen molar-refractivity contribution in [2.75, 3.05) is 13.1 Å². The Bertz CT molecular complexity index is 524. The van der Waals surface area contributed by atoms with Gasteiger partial charge >= 0.3 is 6.03 Å². The van der Waals surface area contributed by atoms with Gasteiger partial charge in [-0.05, 0) is 31.4 Å². The van der Waals surface area contributed by atoms with Crippen LogP contribution in [0.5, 0.6) is 0 Å². The predicted octanol–water partition coefficient (Wildman–Crippen LogP) is 1.08. The van der Waals surface area contributed by atoms with E-state index in [0.29, 0.717) is 13.1 Å². The van der Waals surface area contributed by atoms with Gasteiger partial charge in [0.15, 0.2) is 0 Å². The van der Waals surface area contributed by atoms with E-state index >= 15 is 0 Å². The molecule has 2 N–H and O–H groups in total. The maximum atomic E-state index is 11.9. The standard InChI is InChI=1S/C12H17N3O3S/c16-12(15-9-5-2-6-10-15)13-14-19(17,18)11-7-3-1-4-8-11/h1,3-4,7-8,14H,2,5-6,9-10H2,(H,13,16). The van der Waals surface area contributed by atoms with Gasteiger partial charge in [-0.25, -0.2) is 13.2 Å². The number of likely N-dealkylation sites (tertiary alicyclic amines) is 1. The first-order valence-corrected chi connectivity index (χ1v) is 7.70. The molecule has 2 amide bonds. The number of piperidine rings is 1. The van der Waals surface area contributed by atoms with Crippen molar-refractivity contribution >= 4 is 16.1 Å². The third-order valence-electron chi connectivity index (χ3n) is 2.99. The summed E-state index contributed by atoms with van der Waals surface area (Å²) in [7, 11) is -3.70. The number of rotatable bonds is 3. The summed E-state index contributed by atoms with van der Waals surface area (Å²) in [5, 5.41) is 0. The molecule has 0 aromatic heterocycles. The van der Waals surface area contributed by atoms with E-state index in [1.54, 1.807) is 23.1 Å². The molecule has 0 saturated carbocycles. The van der Waals surface area contributed by atoms with Gasteiger partial charge in [0, 0.05) is 13.1 Å². The van der Waals surface area contributed by atoms with Crippen LogP contribution in [0, 0.1) is 0 Å². The smallest absolute Gasteiger partial charge is 0.324 e. The number of amides is 2. The van der Waals surface area contributed by atoms with E-state index in [2.05, 4.69) is 10.3 Å². The number of carbonyl (C=O) groups excluding carboxylic acids is 1. The lowest BCUT2D eigenvalue weighted by atomic mass is 10.1. The molecule has 0 aliphatic carbocycles. The van der Waals surface area contributed by atoms with Crippen molar-refractivity contribution in [3.05, 3.63) is 30.3 Å². The first-order chi connectivity index (χ1) is 9.09. The average molecular weight is 283 g/mol. The Morgan fingerprint density at radius 2 is 1.68 bits per heavy atom. The zero-order chi connectivity index (χ0) is 13.7. The number of urea groups is 1. The highest BCUT2D eigenvalue weighted by molar-refractivity contribution is 7.89. The molecule has 0 atom stereocenters. The van der Waals surface area contributed by atoms with Crippen molar-refractivity contribution in [3.63, 3.8) is 0 Å². The largest absolute Gasteiger partial charge is 0.332 e. The van der Waals surface area contributed by atoms with Gasteiger partial charge in [0.1, 0.15) is 0 Å². The minimum Gasteiger partial charge on any atom is -0.324 e.